The second-order valence-electron chi connectivity index (χ2n) is 3.61. The zero-order valence-corrected chi connectivity index (χ0v) is 9.14. The largest absolute Gasteiger partial charge is 0.392 e. The topological polar surface area (TPSA) is 20.2 Å². The summed E-state index contributed by atoms with van der Waals surface area (Å²) in [5.74, 6) is 0. The third kappa shape index (κ3) is 7.79. The Labute approximate surface area is 82.2 Å². The second-order valence-corrected chi connectivity index (χ2v) is 3.61. The van der Waals surface area contributed by atoms with Gasteiger partial charge in [0.1, 0.15) is 0 Å². The summed E-state index contributed by atoms with van der Waals surface area (Å²) in [4.78, 5) is 0. The Bertz CT molecular complexity index is 178. The van der Waals surface area contributed by atoms with E-state index in [2.05, 4.69) is 26.0 Å². The van der Waals surface area contributed by atoms with Crippen molar-refractivity contribution in [2.75, 3.05) is 6.61 Å². The van der Waals surface area contributed by atoms with Gasteiger partial charge in [0, 0.05) is 0 Å². The molecule has 0 saturated heterocycles. The monoisotopic (exact) mass is 182 g/mol. The summed E-state index contributed by atoms with van der Waals surface area (Å²) in [5.41, 5.74) is 2.46. The molecule has 0 saturated carbocycles. The summed E-state index contributed by atoms with van der Waals surface area (Å²) < 4.78 is 0. The molecule has 1 N–H and O–H groups in total. The van der Waals surface area contributed by atoms with Gasteiger partial charge in [-0.25, -0.2) is 0 Å². The highest BCUT2D eigenvalue weighted by Gasteiger charge is 1.88. The van der Waals surface area contributed by atoms with Crippen LogP contribution in [0, 0.1) is 0 Å². The van der Waals surface area contributed by atoms with Crippen LogP contribution in [0.15, 0.2) is 23.3 Å². The predicted octanol–water partition coefficient (Wildman–Crippen LogP) is 3.45. The SMILES string of the molecule is CCCC/C=C(\C)C/C=C(\C)CO. The number of hydrogen-bond donors (Lipinski definition) is 1. The van der Waals surface area contributed by atoms with Crippen molar-refractivity contribution in [1.29, 1.82) is 0 Å². The zero-order chi connectivity index (χ0) is 10.1. The van der Waals surface area contributed by atoms with Gasteiger partial charge in [-0.1, -0.05) is 43.1 Å². The molecule has 0 unspecified atom stereocenters. The Morgan fingerprint density at radius 3 is 2.38 bits per heavy atom. The first-order chi connectivity index (χ1) is 6.20. The molecule has 1 nitrogen and oxygen atoms in total. The van der Waals surface area contributed by atoms with Crippen LogP contribution < -0.4 is 0 Å². The van der Waals surface area contributed by atoms with Gasteiger partial charge in [-0.3, -0.25) is 0 Å². The lowest BCUT2D eigenvalue weighted by atomic mass is 10.1. The molecule has 1 heteroatoms. The highest BCUT2D eigenvalue weighted by atomic mass is 16.3. The van der Waals surface area contributed by atoms with Crippen molar-refractivity contribution in [3.8, 4) is 0 Å². The molecule has 0 aromatic rings. The summed E-state index contributed by atoms with van der Waals surface area (Å²) in [6.07, 6.45) is 9.10. The zero-order valence-electron chi connectivity index (χ0n) is 9.14. The van der Waals surface area contributed by atoms with Crippen LogP contribution >= 0.6 is 0 Å². The summed E-state index contributed by atoms with van der Waals surface area (Å²) in [5, 5.41) is 8.77. The Balaban J connectivity index is 3.72. The number of unbranched alkanes of at least 4 members (excludes halogenated alkanes) is 2. The van der Waals surface area contributed by atoms with E-state index in [1.165, 1.54) is 24.8 Å². The second kappa shape index (κ2) is 8.06. The smallest absolute Gasteiger partial charge is 0.0639 e. The number of allylic oxidation sites excluding steroid dienone is 3. The Hall–Kier alpha value is -0.560. The highest BCUT2D eigenvalue weighted by molar-refractivity contribution is 5.08. The van der Waals surface area contributed by atoms with E-state index in [4.69, 9.17) is 5.11 Å². The fraction of sp³-hybridized carbons (Fsp3) is 0.667. The molecule has 0 spiro atoms. The lowest BCUT2D eigenvalue weighted by Crippen LogP contribution is -1.84. The van der Waals surface area contributed by atoms with E-state index in [0.29, 0.717) is 0 Å². The molecule has 0 aliphatic carbocycles. The molecule has 0 fully saturated rings. The van der Waals surface area contributed by atoms with Gasteiger partial charge in [0.05, 0.1) is 6.61 Å². The normalized spacial score (nSPS) is 13.5. The van der Waals surface area contributed by atoms with Crippen molar-refractivity contribution < 1.29 is 5.11 Å². The molecule has 0 heterocycles. The Morgan fingerprint density at radius 1 is 1.15 bits per heavy atom. The fourth-order valence-corrected chi connectivity index (χ4v) is 1.04. The molecule has 0 radical (unpaired) electrons. The highest BCUT2D eigenvalue weighted by Crippen LogP contribution is 2.07. The van der Waals surface area contributed by atoms with Crippen LogP contribution in [0.25, 0.3) is 0 Å². The average Bonchev–Trinajstić information content (AvgIpc) is 2.14. The molecular weight excluding hydrogens is 160 g/mol. The molecule has 13 heavy (non-hydrogen) atoms. The molecule has 0 aromatic heterocycles. The van der Waals surface area contributed by atoms with Crippen molar-refractivity contribution >= 4 is 0 Å². The van der Waals surface area contributed by atoms with E-state index in [-0.39, 0.29) is 6.61 Å². The van der Waals surface area contributed by atoms with Crippen LogP contribution in [0.3, 0.4) is 0 Å². The van der Waals surface area contributed by atoms with Gasteiger partial charge in [0.15, 0.2) is 0 Å². The molecule has 0 amide bonds. The van der Waals surface area contributed by atoms with Crippen LogP contribution in [0.5, 0.6) is 0 Å². The van der Waals surface area contributed by atoms with E-state index >= 15 is 0 Å². The first-order valence-electron chi connectivity index (χ1n) is 5.12. The standard InChI is InChI=1S/C12H22O/c1-4-5-6-7-11(2)8-9-12(3)10-13/h7,9,13H,4-6,8,10H2,1-3H3/b11-7+,12-9+. The molecule has 0 atom stereocenters. The molecule has 0 aliphatic heterocycles. The van der Waals surface area contributed by atoms with E-state index in [1.807, 2.05) is 6.92 Å². The molecule has 0 aliphatic rings. The minimum absolute atomic E-state index is 0.183. The van der Waals surface area contributed by atoms with Crippen LogP contribution in [-0.4, -0.2) is 11.7 Å². The maximum atomic E-state index is 8.77. The maximum Gasteiger partial charge on any atom is 0.0639 e. The van der Waals surface area contributed by atoms with Gasteiger partial charge in [-0.05, 0) is 26.7 Å². The summed E-state index contributed by atoms with van der Waals surface area (Å²) in [6.45, 7) is 6.50. The fourth-order valence-electron chi connectivity index (χ4n) is 1.04. The molecular formula is C12H22O. The number of hydrogen-bond acceptors (Lipinski definition) is 1. The van der Waals surface area contributed by atoms with Gasteiger partial charge in [-0.15, -0.1) is 0 Å². The number of aliphatic hydroxyl groups excluding tert-OH is 1. The van der Waals surface area contributed by atoms with Gasteiger partial charge < -0.3 is 5.11 Å². The van der Waals surface area contributed by atoms with Crippen molar-refractivity contribution in [1.82, 2.24) is 0 Å². The molecule has 0 bridgehead atoms. The van der Waals surface area contributed by atoms with Crippen molar-refractivity contribution in [3.05, 3.63) is 23.3 Å². The summed E-state index contributed by atoms with van der Waals surface area (Å²) in [7, 11) is 0. The van der Waals surface area contributed by atoms with Crippen LogP contribution in [-0.2, 0) is 0 Å². The summed E-state index contributed by atoms with van der Waals surface area (Å²) in [6, 6.07) is 0. The van der Waals surface area contributed by atoms with Gasteiger partial charge in [0.2, 0.25) is 0 Å². The molecule has 76 valence electrons. The van der Waals surface area contributed by atoms with Gasteiger partial charge >= 0.3 is 0 Å². The summed E-state index contributed by atoms with van der Waals surface area (Å²) >= 11 is 0. The number of aliphatic hydroxyl groups is 1. The lowest BCUT2D eigenvalue weighted by Gasteiger charge is -1.98. The van der Waals surface area contributed by atoms with E-state index < -0.39 is 0 Å². The third-order valence-corrected chi connectivity index (χ3v) is 2.07. The van der Waals surface area contributed by atoms with Crippen molar-refractivity contribution in [2.24, 2.45) is 0 Å². The number of rotatable bonds is 6. The van der Waals surface area contributed by atoms with E-state index in [9.17, 15) is 0 Å². The van der Waals surface area contributed by atoms with Crippen molar-refractivity contribution in [2.45, 2.75) is 46.5 Å². The quantitative estimate of drug-likeness (QED) is 0.492. The van der Waals surface area contributed by atoms with E-state index in [0.717, 1.165) is 12.0 Å². The predicted molar refractivity (Wildman–Crippen MR) is 58.7 cm³/mol. The van der Waals surface area contributed by atoms with Gasteiger partial charge in [-0.2, -0.15) is 0 Å². The Morgan fingerprint density at radius 2 is 1.85 bits per heavy atom. The minimum Gasteiger partial charge on any atom is -0.392 e. The minimum atomic E-state index is 0.183. The van der Waals surface area contributed by atoms with E-state index in [1.54, 1.807) is 0 Å². The maximum absolute atomic E-state index is 8.77. The van der Waals surface area contributed by atoms with Crippen molar-refractivity contribution in [3.63, 3.8) is 0 Å². The lowest BCUT2D eigenvalue weighted by molar-refractivity contribution is 0.331. The van der Waals surface area contributed by atoms with Crippen LogP contribution in [0.4, 0.5) is 0 Å². The van der Waals surface area contributed by atoms with Crippen LogP contribution in [0.1, 0.15) is 46.5 Å². The molecule has 0 rings (SSSR count). The molecule has 0 aromatic carbocycles. The van der Waals surface area contributed by atoms with Gasteiger partial charge in [0.25, 0.3) is 0 Å². The first-order valence-corrected chi connectivity index (χ1v) is 5.12. The average molecular weight is 182 g/mol. The van der Waals surface area contributed by atoms with Crippen LogP contribution in [0.2, 0.25) is 0 Å². The third-order valence-electron chi connectivity index (χ3n) is 2.07. The first kappa shape index (κ1) is 12.4. The Kier molecular flexibility index (Phi) is 7.71.